The summed E-state index contributed by atoms with van der Waals surface area (Å²) in [7, 11) is 0. The summed E-state index contributed by atoms with van der Waals surface area (Å²) in [5, 5.41) is 13.7. The Morgan fingerprint density at radius 2 is 2.33 bits per heavy atom. The molecule has 0 saturated heterocycles. The van der Waals surface area contributed by atoms with Crippen LogP contribution in [0.3, 0.4) is 0 Å². The molecule has 1 heterocycles. The van der Waals surface area contributed by atoms with Gasteiger partial charge in [-0.15, -0.1) is 0 Å². The van der Waals surface area contributed by atoms with Crippen LogP contribution in [-0.4, -0.2) is 21.0 Å². The molecule has 0 saturated carbocycles. The third kappa shape index (κ3) is 1.85. The molecule has 1 rings (SSSR count). The summed E-state index contributed by atoms with van der Waals surface area (Å²) < 4.78 is 1.81. The van der Waals surface area contributed by atoms with Gasteiger partial charge in [0.1, 0.15) is 0 Å². The number of nitrogens with zero attached hydrogens (tertiary/aromatic N) is 2. The van der Waals surface area contributed by atoms with Crippen molar-refractivity contribution in [2.45, 2.75) is 39.3 Å². The molecule has 0 radical (unpaired) electrons. The quantitative estimate of drug-likeness (QED) is 0.743. The monoisotopic (exact) mass is 168 g/mol. The first-order valence-electron chi connectivity index (χ1n) is 4.34. The lowest BCUT2D eigenvalue weighted by Crippen LogP contribution is -2.20. The molecule has 2 atom stereocenters. The minimum Gasteiger partial charge on any atom is -0.391 e. The van der Waals surface area contributed by atoms with Crippen LogP contribution in [0.25, 0.3) is 0 Å². The Balaban J connectivity index is 2.70. The van der Waals surface area contributed by atoms with Gasteiger partial charge >= 0.3 is 0 Å². The van der Waals surface area contributed by atoms with Gasteiger partial charge < -0.3 is 5.11 Å². The second kappa shape index (κ2) is 3.72. The molecule has 0 aromatic carbocycles. The van der Waals surface area contributed by atoms with Crippen molar-refractivity contribution in [1.29, 1.82) is 0 Å². The van der Waals surface area contributed by atoms with Crippen LogP contribution in [0.2, 0.25) is 0 Å². The molecule has 0 aliphatic rings. The Morgan fingerprint density at radius 3 is 2.75 bits per heavy atom. The summed E-state index contributed by atoms with van der Waals surface area (Å²) in [5.74, 6) is 0. The Kier molecular flexibility index (Phi) is 2.87. The highest BCUT2D eigenvalue weighted by molar-refractivity contribution is 5.00. The number of hydrogen-bond acceptors (Lipinski definition) is 2. The van der Waals surface area contributed by atoms with E-state index in [4.69, 9.17) is 0 Å². The fraction of sp³-hybridized carbons (Fsp3) is 0.667. The van der Waals surface area contributed by atoms with E-state index in [1.165, 1.54) is 0 Å². The van der Waals surface area contributed by atoms with E-state index >= 15 is 0 Å². The molecule has 1 aromatic heterocycles. The van der Waals surface area contributed by atoms with Crippen LogP contribution in [0.4, 0.5) is 0 Å². The topological polar surface area (TPSA) is 38.0 Å². The molecule has 0 bridgehead atoms. The maximum atomic E-state index is 9.53. The van der Waals surface area contributed by atoms with Gasteiger partial charge in [-0.3, -0.25) is 4.68 Å². The minimum atomic E-state index is -0.302. The average molecular weight is 168 g/mol. The van der Waals surface area contributed by atoms with Gasteiger partial charge in [0.2, 0.25) is 0 Å². The number of hydrogen-bond donors (Lipinski definition) is 1. The summed E-state index contributed by atoms with van der Waals surface area (Å²) in [6.45, 7) is 5.94. The SMILES string of the molecule is CCC(O)C(C)n1cc(C)cn1. The van der Waals surface area contributed by atoms with Crippen LogP contribution in [0.1, 0.15) is 31.9 Å². The maximum Gasteiger partial charge on any atom is 0.0758 e. The molecule has 2 unspecified atom stereocenters. The molecule has 0 amide bonds. The fourth-order valence-electron chi connectivity index (χ4n) is 1.17. The molecule has 3 heteroatoms. The molecule has 0 fully saturated rings. The van der Waals surface area contributed by atoms with Gasteiger partial charge in [0.15, 0.2) is 0 Å². The van der Waals surface area contributed by atoms with Crippen LogP contribution in [0, 0.1) is 6.92 Å². The minimum absolute atomic E-state index is 0.0729. The molecule has 1 aromatic rings. The number of aryl methyl sites for hydroxylation is 1. The largest absolute Gasteiger partial charge is 0.391 e. The van der Waals surface area contributed by atoms with Gasteiger partial charge in [0, 0.05) is 6.20 Å². The van der Waals surface area contributed by atoms with E-state index < -0.39 is 0 Å². The molecule has 3 nitrogen and oxygen atoms in total. The Labute approximate surface area is 73.0 Å². The van der Waals surface area contributed by atoms with Gasteiger partial charge in [0.05, 0.1) is 18.3 Å². The standard InChI is InChI=1S/C9H16N2O/c1-4-9(12)8(3)11-6-7(2)5-10-11/h5-6,8-9,12H,4H2,1-3H3. The lowest BCUT2D eigenvalue weighted by Gasteiger charge is -2.17. The summed E-state index contributed by atoms with van der Waals surface area (Å²) >= 11 is 0. The van der Waals surface area contributed by atoms with E-state index in [1.807, 2.05) is 31.6 Å². The van der Waals surface area contributed by atoms with E-state index in [2.05, 4.69) is 5.10 Å². The van der Waals surface area contributed by atoms with Crippen LogP contribution < -0.4 is 0 Å². The molecule has 0 aliphatic heterocycles. The molecule has 68 valence electrons. The fourth-order valence-corrected chi connectivity index (χ4v) is 1.17. The zero-order chi connectivity index (χ0) is 9.14. The van der Waals surface area contributed by atoms with E-state index in [1.54, 1.807) is 6.20 Å². The van der Waals surface area contributed by atoms with Crippen molar-refractivity contribution in [3.63, 3.8) is 0 Å². The summed E-state index contributed by atoms with van der Waals surface area (Å²) in [4.78, 5) is 0. The van der Waals surface area contributed by atoms with Crippen LogP contribution >= 0.6 is 0 Å². The highest BCUT2D eigenvalue weighted by atomic mass is 16.3. The van der Waals surface area contributed by atoms with Gasteiger partial charge in [-0.05, 0) is 25.8 Å². The Hall–Kier alpha value is -0.830. The third-order valence-electron chi connectivity index (χ3n) is 2.12. The third-order valence-corrected chi connectivity index (χ3v) is 2.12. The summed E-state index contributed by atoms with van der Waals surface area (Å²) in [5.41, 5.74) is 1.13. The zero-order valence-corrected chi connectivity index (χ0v) is 7.86. The van der Waals surface area contributed by atoms with Crippen molar-refractivity contribution < 1.29 is 5.11 Å². The van der Waals surface area contributed by atoms with Crippen molar-refractivity contribution >= 4 is 0 Å². The summed E-state index contributed by atoms with van der Waals surface area (Å²) in [6, 6.07) is 0.0729. The smallest absolute Gasteiger partial charge is 0.0758 e. The lowest BCUT2D eigenvalue weighted by molar-refractivity contribution is 0.111. The number of aliphatic hydroxyl groups excluding tert-OH is 1. The van der Waals surface area contributed by atoms with Crippen LogP contribution in [0.15, 0.2) is 12.4 Å². The Bertz CT molecular complexity index is 244. The predicted molar refractivity (Wildman–Crippen MR) is 48.0 cm³/mol. The second-order valence-corrected chi connectivity index (χ2v) is 3.21. The molecule has 0 spiro atoms. The van der Waals surface area contributed by atoms with E-state index in [0.29, 0.717) is 0 Å². The summed E-state index contributed by atoms with van der Waals surface area (Å²) in [6.07, 6.45) is 4.21. The van der Waals surface area contributed by atoms with Crippen LogP contribution in [-0.2, 0) is 0 Å². The second-order valence-electron chi connectivity index (χ2n) is 3.21. The van der Waals surface area contributed by atoms with Crippen molar-refractivity contribution in [3.8, 4) is 0 Å². The Morgan fingerprint density at radius 1 is 1.67 bits per heavy atom. The number of aliphatic hydroxyl groups is 1. The van der Waals surface area contributed by atoms with Crippen molar-refractivity contribution in [2.75, 3.05) is 0 Å². The van der Waals surface area contributed by atoms with Gasteiger partial charge in [0.25, 0.3) is 0 Å². The van der Waals surface area contributed by atoms with Crippen molar-refractivity contribution in [2.24, 2.45) is 0 Å². The number of rotatable bonds is 3. The molecular formula is C9H16N2O. The lowest BCUT2D eigenvalue weighted by atomic mass is 10.1. The zero-order valence-electron chi connectivity index (χ0n) is 7.86. The first-order chi connectivity index (χ1) is 5.65. The van der Waals surface area contributed by atoms with Crippen LogP contribution in [0.5, 0.6) is 0 Å². The first-order valence-corrected chi connectivity index (χ1v) is 4.34. The molecule has 12 heavy (non-hydrogen) atoms. The average Bonchev–Trinajstić information content (AvgIpc) is 2.49. The van der Waals surface area contributed by atoms with E-state index in [-0.39, 0.29) is 12.1 Å². The van der Waals surface area contributed by atoms with E-state index in [9.17, 15) is 5.11 Å². The van der Waals surface area contributed by atoms with Gasteiger partial charge in [-0.2, -0.15) is 5.10 Å². The predicted octanol–water partition coefficient (Wildman–Crippen LogP) is 1.52. The van der Waals surface area contributed by atoms with Crippen molar-refractivity contribution in [3.05, 3.63) is 18.0 Å². The van der Waals surface area contributed by atoms with Crippen molar-refractivity contribution in [1.82, 2.24) is 9.78 Å². The first kappa shape index (κ1) is 9.26. The van der Waals surface area contributed by atoms with E-state index in [0.717, 1.165) is 12.0 Å². The maximum absolute atomic E-state index is 9.53. The normalized spacial score (nSPS) is 16.0. The number of aromatic nitrogens is 2. The highest BCUT2D eigenvalue weighted by Crippen LogP contribution is 2.12. The highest BCUT2D eigenvalue weighted by Gasteiger charge is 2.13. The van der Waals surface area contributed by atoms with Gasteiger partial charge in [-0.25, -0.2) is 0 Å². The molecule has 1 N–H and O–H groups in total. The van der Waals surface area contributed by atoms with Gasteiger partial charge in [-0.1, -0.05) is 6.92 Å². The molecule has 0 aliphatic carbocycles. The molecular weight excluding hydrogens is 152 g/mol.